The lowest BCUT2D eigenvalue weighted by Crippen LogP contribution is -2.36. The summed E-state index contributed by atoms with van der Waals surface area (Å²) in [6.07, 6.45) is 4.60. The van der Waals surface area contributed by atoms with Gasteiger partial charge in [0, 0.05) is 11.3 Å². The molecule has 2 bridgehead atoms. The fourth-order valence-corrected chi connectivity index (χ4v) is 3.51. The van der Waals surface area contributed by atoms with Gasteiger partial charge in [0.15, 0.2) is 0 Å². The van der Waals surface area contributed by atoms with Crippen molar-refractivity contribution in [3.05, 3.63) is 42.0 Å². The van der Waals surface area contributed by atoms with E-state index in [-0.39, 0.29) is 24.3 Å². The SMILES string of the molecule is O=C(O)C1C2C=CC(C2)C1C(=O)Nc1ccccc1CO. The van der Waals surface area contributed by atoms with Gasteiger partial charge in [-0.05, 0) is 24.3 Å². The van der Waals surface area contributed by atoms with Gasteiger partial charge < -0.3 is 15.5 Å². The number of rotatable bonds is 4. The number of nitrogens with one attached hydrogen (secondary N) is 1. The van der Waals surface area contributed by atoms with E-state index >= 15 is 0 Å². The summed E-state index contributed by atoms with van der Waals surface area (Å²) in [6.45, 7) is -0.171. The number of aliphatic hydroxyl groups excluding tert-OH is 1. The Kier molecular flexibility index (Phi) is 3.51. The minimum atomic E-state index is -0.914. The number of carboxylic acids is 1. The maximum atomic E-state index is 12.5. The van der Waals surface area contributed by atoms with Gasteiger partial charge in [0.05, 0.1) is 18.4 Å². The van der Waals surface area contributed by atoms with Crippen LogP contribution < -0.4 is 5.32 Å². The summed E-state index contributed by atoms with van der Waals surface area (Å²) in [5.74, 6) is -2.43. The first-order valence-corrected chi connectivity index (χ1v) is 7.02. The Morgan fingerprint density at radius 1 is 1.14 bits per heavy atom. The minimum absolute atomic E-state index is 0.00242. The van der Waals surface area contributed by atoms with E-state index in [9.17, 15) is 19.8 Å². The molecule has 0 aliphatic heterocycles. The predicted octanol–water partition coefficient (Wildman–Crippen LogP) is 1.64. The summed E-state index contributed by atoms with van der Waals surface area (Å²) < 4.78 is 0. The van der Waals surface area contributed by atoms with Crippen LogP contribution in [0.3, 0.4) is 0 Å². The van der Waals surface area contributed by atoms with E-state index in [0.717, 1.165) is 6.42 Å². The molecule has 4 atom stereocenters. The van der Waals surface area contributed by atoms with Crippen molar-refractivity contribution < 1.29 is 19.8 Å². The van der Waals surface area contributed by atoms with Crippen LogP contribution in [0.15, 0.2) is 36.4 Å². The fraction of sp³-hybridized carbons (Fsp3) is 0.375. The quantitative estimate of drug-likeness (QED) is 0.735. The Labute approximate surface area is 122 Å². The number of carboxylic acid groups (broad SMARTS) is 1. The third-order valence-corrected chi connectivity index (χ3v) is 4.49. The van der Waals surface area contributed by atoms with Gasteiger partial charge in [0.2, 0.25) is 5.91 Å². The predicted molar refractivity (Wildman–Crippen MR) is 76.3 cm³/mol. The van der Waals surface area contributed by atoms with Crippen LogP contribution in [0, 0.1) is 23.7 Å². The molecule has 3 N–H and O–H groups in total. The number of allylic oxidation sites excluding steroid dienone is 2. The Bertz CT molecular complexity index is 610. The molecule has 1 fully saturated rings. The van der Waals surface area contributed by atoms with Gasteiger partial charge in [-0.15, -0.1) is 0 Å². The van der Waals surface area contributed by atoms with Crippen molar-refractivity contribution in [1.29, 1.82) is 0 Å². The molecule has 1 amide bonds. The molecule has 2 aliphatic carbocycles. The Balaban J connectivity index is 1.82. The highest BCUT2D eigenvalue weighted by Gasteiger charge is 2.51. The smallest absolute Gasteiger partial charge is 0.307 e. The van der Waals surface area contributed by atoms with Crippen LogP contribution >= 0.6 is 0 Å². The lowest BCUT2D eigenvalue weighted by Gasteiger charge is -2.24. The van der Waals surface area contributed by atoms with E-state index in [1.807, 2.05) is 12.2 Å². The molecular weight excluding hydrogens is 270 g/mol. The molecule has 3 rings (SSSR count). The minimum Gasteiger partial charge on any atom is -0.481 e. The number of aliphatic carboxylic acids is 1. The first-order chi connectivity index (χ1) is 10.1. The third-order valence-electron chi connectivity index (χ3n) is 4.49. The summed E-state index contributed by atoms with van der Waals surface area (Å²) in [6, 6.07) is 6.99. The van der Waals surface area contributed by atoms with Crippen molar-refractivity contribution in [1.82, 2.24) is 0 Å². The van der Waals surface area contributed by atoms with E-state index in [2.05, 4.69) is 5.32 Å². The van der Waals surface area contributed by atoms with Crippen LogP contribution in [-0.2, 0) is 16.2 Å². The van der Waals surface area contributed by atoms with E-state index in [1.165, 1.54) is 0 Å². The number of anilines is 1. The van der Waals surface area contributed by atoms with Gasteiger partial charge in [-0.1, -0.05) is 30.4 Å². The van der Waals surface area contributed by atoms with Crippen LogP contribution in [0.5, 0.6) is 0 Å². The number of aliphatic hydroxyl groups is 1. The highest BCUT2D eigenvalue weighted by molar-refractivity contribution is 5.96. The average Bonchev–Trinajstić information content (AvgIpc) is 3.08. The second-order valence-electron chi connectivity index (χ2n) is 5.64. The van der Waals surface area contributed by atoms with Crippen LogP contribution in [0.1, 0.15) is 12.0 Å². The van der Waals surface area contributed by atoms with E-state index < -0.39 is 17.8 Å². The molecule has 1 aromatic rings. The third kappa shape index (κ3) is 2.34. The number of amides is 1. The first-order valence-electron chi connectivity index (χ1n) is 7.02. The van der Waals surface area contributed by atoms with E-state index in [1.54, 1.807) is 24.3 Å². The van der Waals surface area contributed by atoms with Gasteiger partial charge in [0.25, 0.3) is 0 Å². The van der Waals surface area contributed by atoms with Crippen molar-refractivity contribution in [2.24, 2.45) is 23.7 Å². The Morgan fingerprint density at radius 3 is 2.48 bits per heavy atom. The van der Waals surface area contributed by atoms with Crippen LogP contribution in [0.4, 0.5) is 5.69 Å². The Morgan fingerprint density at radius 2 is 1.81 bits per heavy atom. The van der Waals surface area contributed by atoms with Gasteiger partial charge in [0.1, 0.15) is 0 Å². The number of para-hydroxylation sites is 1. The highest BCUT2D eigenvalue weighted by Crippen LogP contribution is 2.48. The molecular formula is C16H17NO4. The number of hydrogen-bond donors (Lipinski definition) is 3. The van der Waals surface area contributed by atoms with Crippen LogP contribution in [0.2, 0.25) is 0 Å². The van der Waals surface area contributed by atoms with Gasteiger partial charge >= 0.3 is 5.97 Å². The number of carbonyl (C=O) groups excluding carboxylic acids is 1. The highest BCUT2D eigenvalue weighted by atomic mass is 16.4. The maximum Gasteiger partial charge on any atom is 0.307 e. The fourth-order valence-electron chi connectivity index (χ4n) is 3.51. The molecule has 1 saturated carbocycles. The molecule has 5 heteroatoms. The molecule has 0 aromatic heterocycles. The Hall–Kier alpha value is -2.14. The summed E-state index contributed by atoms with van der Waals surface area (Å²) in [5, 5.41) is 21.4. The van der Waals surface area contributed by atoms with Crippen LogP contribution in [0.25, 0.3) is 0 Å². The first kappa shape index (κ1) is 13.8. The standard InChI is InChI=1S/C16H17NO4/c18-8-11-3-1-2-4-12(11)17-15(19)13-9-5-6-10(7-9)14(13)16(20)21/h1-6,9-10,13-14,18H,7-8H2,(H,17,19)(H,20,21). The molecule has 21 heavy (non-hydrogen) atoms. The zero-order valence-electron chi connectivity index (χ0n) is 11.4. The monoisotopic (exact) mass is 287 g/mol. The molecule has 0 saturated heterocycles. The van der Waals surface area contributed by atoms with Crippen molar-refractivity contribution in [3.63, 3.8) is 0 Å². The molecule has 0 radical (unpaired) electrons. The summed E-state index contributed by atoms with van der Waals surface area (Å²) in [5.41, 5.74) is 1.16. The number of hydrogen-bond acceptors (Lipinski definition) is 3. The molecule has 4 unspecified atom stereocenters. The summed E-state index contributed by atoms with van der Waals surface area (Å²) >= 11 is 0. The number of fused-ring (bicyclic) bond motifs is 2. The zero-order chi connectivity index (χ0) is 15.0. The summed E-state index contributed by atoms with van der Waals surface area (Å²) in [4.78, 5) is 23.9. The number of benzene rings is 1. The van der Waals surface area contributed by atoms with Crippen molar-refractivity contribution in [2.75, 3.05) is 5.32 Å². The average molecular weight is 287 g/mol. The van der Waals surface area contributed by atoms with Gasteiger partial charge in [-0.3, -0.25) is 9.59 Å². The van der Waals surface area contributed by atoms with Crippen LogP contribution in [-0.4, -0.2) is 22.1 Å². The second-order valence-corrected chi connectivity index (χ2v) is 5.64. The molecule has 0 spiro atoms. The lowest BCUT2D eigenvalue weighted by atomic mass is 9.82. The zero-order valence-corrected chi connectivity index (χ0v) is 11.4. The van der Waals surface area contributed by atoms with E-state index in [0.29, 0.717) is 11.3 Å². The molecule has 110 valence electrons. The molecule has 2 aliphatic rings. The second kappa shape index (κ2) is 5.33. The van der Waals surface area contributed by atoms with Gasteiger partial charge in [-0.2, -0.15) is 0 Å². The molecule has 1 aromatic carbocycles. The summed E-state index contributed by atoms with van der Waals surface area (Å²) in [7, 11) is 0. The molecule has 5 nitrogen and oxygen atoms in total. The maximum absolute atomic E-state index is 12.5. The van der Waals surface area contributed by atoms with Gasteiger partial charge in [-0.25, -0.2) is 0 Å². The lowest BCUT2D eigenvalue weighted by molar-refractivity contribution is -0.146. The largest absolute Gasteiger partial charge is 0.481 e. The van der Waals surface area contributed by atoms with Crippen molar-refractivity contribution in [2.45, 2.75) is 13.0 Å². The molecule has 0 heterocycles. The van der Waals surface area contributed by atoms with E-state index in [4.69, 9.17) is 0 Å². The van der Waals surface area contributed by atoms with Crippen molar-refractivity contribution in [3.8, 4) is 0 Å². The normalized spacial score (nSPS) is 29.6. The van der Waals surface area contributed by atoms with Crippen molar-refractivity contribution >= 4 is 17.6 Å². The topological polar surface area (TPSA) is 86.6 Å². The number of carbonyl (C=O) groups is 2.